The van der Waals surface area contributed by atoms with Crippen LogP contribution in [0, 0.1) is 0 Å². The molecular weight excluding hydrogens is 180 g/mol. The third-order valence-corrected chi connectivity index (χ3v) is 1.88. The molecule has 0 saturated heterocycles. The minimum Gasteiger partial charge on any atom is -0.504 e. The van der Waals surface area contributed by atoms with Gasteiger partial charge < -0.3 is 9.84 Å². The van der Waals surface area contributed by atoms with Gasteiger partial charge in [0.15, 0.2) is 0 Å². The van der Waals surface area contributed by atoms with Gasteiger partial charge in [-0.25, -0.2) is 4.79 Å². The monoisotopic (exact) mass is 192 g/mol. The number of rotatable bonds is 3. The summed E-state index contributed by atoms with van der Waals surface area (Å²) in [4.78, 5) is 10.6. The Balaban J connectivity index is 2.94. The number of carboxylic acids is 1. The molecule has 0 amide bonds. The molecule has 0 aliphatic heterocycles. The molecule has 0 radical (unpaired) electrons. The molecule has 0 saturated carbocycles. The highest BCUT2D eigenvalue weighted by molar-refractivity contribution is 5.88. The van der Waals surface area contributed by atoms with Crippen molar-refractivity contribution < 1.29 is 14.6 Å². The van der Waals surface area contributed by atoms with Crippen LogP contribution in [-0.2, 0) is 4.74 Å². The zero-order valence-electron chi connectivity index (χ0n) is 8.15. The topological polar surface area (TPSA) is 46.5 Å². The Morgan fingerprint density at radius 3 is 2.21 bits per heavy atom. The summed E-state index contributed by atoms with van der Waals surface area (Å²) in [5.41, 5.74) is 2.21. The lowest BCUT2D eigenvalue weighted by Crippen LogP contribution is -1.95. The second-order valence-electron chi connectivity index (χ2n) is 2.92. The van der Waals surface area contributed by atoms with Gasteiger partial charge in [-0.15, -0.1) is 0 Å². The number of aromatic carboxylic acids is 1. The first-order valence-corrected chi connectivity index (χ1v) is 4.18. The van der Waals surface area contributed by atoms with Crippen molar-refractivity contribution in [1.29, 1.82) is 0 Å². The fourth-order valence-electron chi connectivity index (χ4n) is 1.12. The van der Waals surface area contributed by atoms with Crippen LogP contribution in [0.2, 0.25) is 0 Å². The van der Waals surface area contributed by atoms with Crippen LogP contribution in [-0.4, -0.2) is 18.2 Å². The maximum Gasteiger partial charge on any atom is 0.335 e. The Hall–Kier alpha value is -1.77. The number of benzene rings is 1. The Morgan fingerprint density at radius 1 is 1.29 bits per heavy atom. The highest BCUT2D eigenvalue weighted by atomic mass is 16.5. The van der Waals surface area contributed by atoms with Crippen molar-refractivity contribution >= 4 is 11.5 Å². The lowest BCUT2D eigenvalue weighted by atomic mass is 10.1. The standard InChI is InChI=1S/C11H12O3/c1-8(7-14-2)9-3-5-10(6-4-9)11(12)13/h3-7H,1-2H3,(H,12,13). The molecule has 3 heteroatoms. The predicted octanol–water partition coefficient (Wildman–Crippen LogP) is 2.39. The van der Waals surface area contributed by atoms with Gasteiger partial charge in [0, 0.05) is 0 Å². The molecular formula is C11H12O3. The summed E-state index contributed by atoms with van der Waals surface area (Å²) in [6.45, 7) is 1.90. The van der Waals surface area contributed by atoms with Gasteiger partial charge in [-0.3, -0.25) is 0 Å². The number of carboxylic acid groups (broad SMARTS) is 1. The molecule has 1 N–H and O–H groups in total. The molecule has 0 heterocycles. The number of ether oxygens (including phenoxy) is 1. The zero-order valence-corrected chi connectivity index (χ0v) is 8.15. The molecule has 1 aromatic carbocycles. The molecule has 3 nitrogen and oxygen atoms in total. The third kappa shape index (κ3) is 2.36. The van der Waals surface area contributed by atoms with Gasteiger partial charge in [0.25, 0.3) is 0 Å². The lowest BCUT2D eigenvalue weighted by molar-refractivity contribution is 0.0697. The van der Waals surface area contributed by atoms with Gasteiger partial charge in [0.2, 0.25) is 0 Å². The number of carbonyl (C=O) groups is 1. The van der Waals surface area contributed by atoms with Gasteiger partial charge in [0.1, 0.15) is 0 Å². The molecule has 0 atom stereocenters. The smallest absolute Gasteiger partial charge is 0.335 e. The Kier molecular flexibility index (Phi) is 3.29. The van der Waals surface area contributed by atoms with E-state index >= 15 is 0 Å². The van der Waals surface area contributed by atoms with Crippen molar-refractivity contribution in [3.8, 4) is 0 Å². The molecule has 0 aliphatic carbocycles. The predicted molar refractivity (Wildman–Crippen MR) is 54.1 cm³/mol. The summed E-state index contributed by atoms with van der Waals surface area (Å²) >= 11 is 0. The molecule has 14 heavy (non-hydrogen) atoms. The Morgan fingerprint density at radius 2 is 1.79 bits per heavy atom. The van der Waals surface area contributed by atoms with Crippen LogP contribution in [0.4, 0.5) is 0 Å². The highest BCUT2D eigenvalue weighted by Gasteiger charge is 2.02. The van der Waals surface area contributed by atoms with Gasteiger partial charge in [-0.2, -0.15) is 0 Å². The van der Waals surface area contributed by atoms with Crippen LogP contribution in [0.3, 0.4) is 0 Å². The fraction of sp³-hybridized carbons (Fsp3) is 0.182. The first-order valence-electron chi connectivity index (χ1n) is 4.18. The first kappa shape index (κ1) is 10.3. The van der Waals surface area contributed by atoms with E-state index in [0.29, 0.717) is 5.56 Å². The normalized spacial score (nSPS) is 11.1. The zero-order chi connectivity index (χ0) is 10.6. The van der Waals surface area contributed by atoms with E-state index in [1.807, 2.05) is 6.92 Å². The van der Waals surface area contributed by atoms with E-state index in [4.69, 9.17) is 9.84 Å². The molecule has 0 bridgehead atoms. The van der Waals surface area contributed by atoms with Gasteiger partial charge in [-0.1, -0.05) is 12.1 Å². The number of allylic oxidation sites excluding steroid dienone is 1. The maximum atomic E-state index is 10.6. The highest BCUT2D eigenvalue weighted by Crippen LogP contribution is 2.14. The van der Waals surface area contributed by atoms with Crippen molar-refractivity contribution in [3.05, 3.63) is 41.7 Å². The number of hydrogen-bond acceptors (Lipinski definition) is 2. The van der Waals surface area contributed by atoms with E-state index in [1.165, 1.54) is 0 Å². The van der Waals surface area contributed by atoms with Crippen LogP contribution in [0.15, 0.2) is 30.5 Å². The largest absolute Gasteiger partial charge is 0.504 e. The van der Waals surface area contributed by atoms with Crippen molar-refractivity contribution in [1.82, 2.24) is 0 Å². The maximum absolute atomic E-state index is 10.6. The third-order valence-electron chi connectivity index (χ3n) is 1.88. The lowest BCUT2D eigenvalue weighted by Gasteiger charge is -2.01. The van der Waals surface area contributed by atoms with E-state index in [2.05, 4.69) is 0 Å². The number of methoxy groups -OCH3 is 1. The molecule has 1 aromatic rings. The molecule has 0 spiro atoms. The molecule has 0 unspecified atom stereocenters. The van der Waals surface area contributed by atoms with E-state index in [-0.39, 0.29) is 0 Å². The van der Waals surface area contributed by atoms with Crippen molar-refractivity contribution in [2.75, 3.05) is 7.11 Å². The fourth-order valence-corrected chi connectivity index (χ4v) is 1.12. The van der Waals surface area contributed by atoms with Crippen LogP contribution in [0.5, 0.6) is 0 Å². The van der Waals surface area contributed by atoms with Crippen LogP contribution >= 0.6 is 0 Å². The first-order chi connectivity index (χ1) is 6.65. The molecule has 0 aromatic heterocycles. The SMILES string of the molecule is COC=C(C)c1ccc(C(=O)O)cc1. The van der Waals surface area contributed by atoms with Crippen LogP contribution in [0.25, 0.3) is 5.57 Å². The van der Waals surface area contributed by atoms with E-state index in [1.54, 1.807) is 37.6 Å². The van der Waals surface area contributed by atoms with Gasteiger partial charge in [0.05, 0.1) is 18.9 Å². The summed E-state index contributed by atoms with van der Waals surface area (Å²) < 4.78 is 4.86. The average molecular weight is 192 g/mol. The number of hydrogen-bond donors (Lipinski definition) is 1. The summed E-state index contributed by atoms with van der Waals surface area (Å²) in [6.07, 6.45) is 1.62. The summed E-state index contributed by atoms with van der Waals surface area (Å²) in [7, 11) is 1.58. The average Bonchev–Trinajstić information content (AvgIpc) is 2.18. The second kappa shape index (κ2) is 4.46. The van der Waals surface area contributed by atoms with Crippen molar-refractivity contribution in [2.45, 2.75) is 6.92 Å². The second-order valence-corrected chi connectivity index (χ2v) is 2.92. The summed E-state index contributed by atoms with van der Waals surface area (Å²) in [6, 6.07) is 6.66. The van der Waals surface area contributed by atoms with E-state index in [9.17, 15) is 4.79 Å². The Bertz CT molecular complexity index is 349. The van der Waals surface area contributed by atoms with Gasteiger partial charge >= 0.3 is 5.97 Å². The van der Waals surface area contributed by atoms with E-state index < -0.39 is 5.97 Å². The Labute approximate surface area is 82.6 Å². The van der Waals surface area contributed by atoms with Crippen LogP contribution in [0.1, 0.15) is 22.8 Å². The summed E-state index contributed by atoms with van der Waals surface area (Å²) in [5, 5.41) is 8.68. The van der Waals surface area contributed by atoms with Crippen LogP contribution < -0.4 is 0 Å². The van der Waals surface area contributed by atoms with Crippen molar-refractivity contribution in [3.63, 3.8) is 0 Å². The molecule has 0 fully saturated rings. The quantitative estimate of drug-likeness (QED) is 0.748. The van der Waals surface area contributed by atoms with Gasteiger partial charge in [-0.05, 0) is 30.2 Å². The van der Waals surface area contributed by atoms with E-state index in [0.717, 1.165) is 11.1 Å². The minimum absolute atomic E-state index is 0.291. The minimum atomic E-state index is -0.912. The molecule has 1 rings (SSSR count). The molecule has 0 aliphatic rings. The summed E-state index contributed by atoms with van der Waals surface area (Å²) in [5.74, 6) is -0.912. The molecule has 74 valence electrons. The van der Waals surface area contributed by atoms with Crippen molar-refractivity contribution in [2.24, 2.45) is 0 Å².